The van der Waals surface area contributed by atoms with Gasteiger partial charge in [-0.1, -0.05) is 0 Å². The minimum absolute atomic E-state index is 0.0827. The van der Waals surface area contributed by atoms with E-state index in [-0.39, 0.29) is 12.5 Å². The van der Waals surface area contributed by atoms with Crippen molar-refractivity contribution in [2.45, 2.75) is 12.8 Å². The third-order valence-corrected chi connectivity index (χ3v) is 3.26. The van der Waals surface area contributed by atoms with Gasteiger partial charge in [0.05, 0.1) is 6.54 Å². The Hall–Kier alpha value is -2.24. The van der Waals surface area contributed by atoms with Crippen molar-refractivity contribution in [2.24, 2.45) is 0 Å². The number of likely N-dealkylation sites (tertiary alicyclic amines) is 1. The Bertz CT molecular complexity index is 602. The van der Waals surface area contributed by atoms with Crippen LogP contribution in [-0.2, 0) is 4.79 Å². The van der Waals surface area contributed by atoms with Gasteiger partial charge in [0.25, 0.3) is 6.01 Å². The summed E-state index contributed by atoms with van der Waals surface area (Å²) in [6.07, 6.45) is 2.18. The molecule has 1 aromatic heterocycles. The van der Waals surface area contributed by atoms with Gasteiger partial charge in [-0.2, -0.15) is 4.98 Å². The average molecular weight is 260 g/mol. The van der Waals surface area contributed by atoms with Crippen molar-refractivity contribution >= 4 is 28.7 Å². The van der Waals surface area contributed by atoms with E-state index in [0.29, 0.717) is 22.8 Å². The lowest BCUT2D eigenvalue weighted by molar-refractivity contribution is -0.128. The van der Waals surface area contributed by atoms with E-state index < -0.39 is 0 Å². The van der Waals surface area contributed by atoms with E-state index in [1.54, 1.807) is 18.2 Å². The Kier molecular flexibility index (Phi) is 2.98. The summed E-state index contributed by atoms with van der Waals surface area (Å²) in [5, 5.41) is 2.92. The smallest absolute Gasteiger partial charge is 0.296 e. The number of carbonyl (C=O) groups excluding carboxylic acids is 1. The molecule has 1 saturated heterocycles. The van der Waals surface area contributed by atoms with Crippen molar-refractivity contribution in [3.63, 3.8) is 0 Å². The molecule has 1 fully saturated rings. The molecular formula is C13H16N4O2. The van der Waals surface area contributed by atoms with E-state index in [0.717, 1.165) is 25.9 Å². The van der Waals surface area contributed by atoms with Gasteiger partial charge in [-0.15, -0.1) is 0 Å². The van der Waals surface area contributed by atoms with Crippen LogP contribution in [0.4, 0.5) is 11.7 Å². The maximum Gasteiger partial charge on any atom is 0.296 e. The number of fused-ring (bicyclic) bond motifs is 1. The number of hydrogen-bond acceptors (Lipinski definition) is 5. The number of aromatic nitrogens is 1. The summed E-state index contributed by atoms with van der Waals surface area (Å²) < 4.78 is 5.49. The first-order valence-corrected chi connectivity index (χ1v) is 6.40. The second-order valence-electron chi connectivity index (χ2n) is 4.69. The molecule has 100 valence electrons. The second-order valence-corrected chi connectivity index (χ2v) is 4.69. The van der Waals surface area contributed by atoms with Gasteiger partial charge < -0.3 is 20.4 Å². The van der Waals surface area contributed by atoms with Gasteiger partial charge in [-0.05, 0) is 31.0 Å². The molecule has 6 heteroatoms. The highest BCUT2D eigenvalue weighted by atomic mass is 16.4. The molecule has 3 rings (SSSR count). The number of anilines is 2. The van der Waals surface area contributed by atoms with E-state index in [9.17, 15) is 4.79 Å². The van der Waals surface area contributed by atoms with E-state index in [4.69, 9.17) is 10.2 Å². The molecule has 1 aliphatic rings. The predicted octanol–water partition coefficient (Wildman–Crippen LogP) is 1.44. The first kappa shape index (κ1) is 11.8. The third kappa shape index (κ3) is 2.47. The number of amides is 1. The van der Waals surface area contributed by atoms with Gasteiger partial charge >= 0.3 is 0 Å². The number of hydrogen-bond donors (Lipinski definition) is 2. The molecule has 3 N–H and O–H groups in total. The number of benzene rings is 1. The van der Waals surface area contributed by atoms with Crippen LogP contribution in [0.3, 0.4) is 0 Å². The Balaban J connectivity index is 1.66. The van der Waals surface area contributed by atoms with E-state index in [1.807, 2.05) is 4.90 Å². The highest BCUT2D eigenvalue weighted by Crippen LogP contribution is 2.20. The first-order valence-electron chi connectivity index (χ1n) is 6.40. The lowest BCUT2D eigenvalue weighted by atomic mass is 10.3. The van der Waals surface area contributed by atoms with Gasteiger partial charge in [0.15, 0.2) is 5.58 Å². The zero-order valence-corrected chi connectivity index (χ0v) is 10.6. The van der Waals surface area contributed by atoms with Crippen LogP contribution in [0.5, 0.6) is 0 Å². The van der Waals surface area contributed by atoms with Gasteiger partial charge in [0.2, 0.25) is 5.91 Å². The average Bonchev–Trinajstić information content (AvgIpc) is 3.04. The molecule has 1 aliphatic heterocycles. The van der Waals surface area contributed by atoms with Crippen LogP contribution < -0.4 is 11.1 Å². The molecule has 1 aromatic carbocycles. The van der Waals surface area contributed by atoms with Crippen molar-refractivity contribution in [3.05, 3.63) is 18.2 Å². The molecule has 0 spiro atoms. The van der Waals surface area contributed by atoms with Gasteiger partial charge in [0.1, 0.15) is 5.52 Å². The van der Waals surface area contributed by atoms with Crippen LogP contribution in [-0.4, -0.2) is 35.4 Å². The highest BCUT2D eigenvalue weighted by molar-refractivity contribution is 5.82. The summed E-state index contributed by atoms with van der Waals surface area (Å²) in [6, 6.07) is 5.62. The largest absolute Gasteiger partial charge is 0.424 e. The minimum atomic E-state index is 0.0827. The van der Waals surface area contributed by atoms with Gasteiger partial charge in [-0.3, -0.25) is 4.79 Å². The van der Waals surface area contributed by atoms with Crippen molar-refractivity contribution in [1.82, 2.24) is 9.88 Å². The summed E-state index contributed by atoms with van der Waals surface area (Å²) >= 11 is 0. The number of nitrogen functional groups attached to an aromatic ring is 1. The molecule has 6 nitrogen and oxygen atoms in total. The van der Waals surface area contributed by atoms with Crippen molar-refractivity contribution in [3.8, 4) is 0 Å². The topological polar surface area (TPSA) is 84.4 Å². The number of rotatable bonds is 3. The van der Waals surface area contributed by atoms with E-state index in [2.05, 4.69) is 10.3 Å². The highest BCUT2D eigenvalue weighted by Gasteiger charge is 2.18. The standard InChI is InChI=1S/C13H16N4O2/c14-9-3-4-11-10(7-9)16-13(19-11)15-8-12(18)17-5-1-2-6-17/h3-4,7H,1-2,5-6,8,14H2,(H,15,16). The quantitative estimate of drug-likeness (QED) is 0.816. The van der Waals surface area contributed by atoms with Crippen LogP contribution >= 0.6 is 0 Å². The van der Waals surface area contributed by atoms with Crippen LogP contribution in [0.25, 0.3) is 11.1 Å². The zero-order chi connectivity index (χ0) is 13.2. The van der Waals surface area contributed by atoms with E-state index >= 15 is 0 Å². The second kappa shape index (κ2) is 4.79. The van der Waals surface area contributed by atoms with Crippen molar-refractivity contribution in [2.75, 3.05) is 30.7 Å². The molecule has 2 aromatic rings. The summed E-state index contributed by atoms with van der Waals surface area (Å²) in [6.45, 7) is 1.91. The molecule has 0 saturated carbocycles. The summed E-state index contributed by atoms with van der Waals surface area (Å²) in [4.78, 5) is 18.0. The van der Waals surface area contributed by atoms with Crippen LogP contribution in [0.15, 0.2) is 22.6 Å². The van der Waals surface area contributed by atoms with Gasteiger partial charge in [-0.25, -0.2) is 0 Å². The zero-order valence-electron chi connectivity index (χ0n) is 10.6. The number of nitrogens with two attached hydrogens (primary N) is 1. The Morgan fingerprint density at radius 1 is 1.42 bits per heavy atom. The first-order chi connectivity index (χ1) is 9.22. The van der Waals surface area contributed by atoms with Crippen molar-refractivity contribution in [1.29, 1.82) is 0 Å². The summed E-state index contributed by atoms with van der Waals surface area (Å²) in [5.41, 5.74) is 7.66. The van der Waals surface area contributed by atoms with Crippen LogP contribution in [0.1, 0.15) is 12.8 Å². The summed E-state index contributed by atoms with van der Waals surface area (Å²) in [7, 11) is 0. The third-order valence-electron chi connectivity index (χ3n) is 3.26. The van der Waals surface area contributed by atoms with Crippen LogP contribution in [0, 0.1) is 0 Å². The van der Waals surface area contributed by atoms with Crippen LogP contribution in [0.2, 0.25) is 0 Å². The van der Waals surface area contributed by atoms with Gasteiger partial charge in [0, 0.05) is 18.8 Å². The maximum atomic E-state index is 11.9. The molecule has 0 radical (unpaired) electrons. The fraction of sp³-hybridized carbons (Fsp3) is 0.385. The molecule has 19 heavy (non-hydrogen) atoms. The molecule has 0 aliphatic carbocycles. The number of nitrogens with one attached hydrogen (secondary N) is 1. The number of carbonyl (C=O) groups is 1. The fourth-order valence-electron chi connectivity index (χ4n) is 2.25. The molecule has 0 bridgehead atoms. The normalized spacial score (nSPS) is 15.1. The van der Waals surface area contributed by atoms with E-state index in [1.165, 1.54) is 0 Å². The fourth-order valence-corrected chi connectivity index (χ4v) is 2.25. The monoisotopic (exact) mass is 260 g/mol. The van der Waals surface area contributed by atoms with Crippen molar-refractivity contribution < 1.29 is 9.21 Å². The number of oxazole rings is 1. The molecule has 0 atom stereocenters. The molecule has 1 amide bonds. The Labute approximate surface area is 110 Å². The Morgan fingerprint density at radius 2 is 2.21 bits per heavy atom. The number of nitrogens with zero attached hydrogens (tertiary/aromatic N) is 2. The Morgan fingerprint density at radius 3 is 3.00 bits per heavy atom. The predicted molar refractivity (Wildman–Crippen MR) is 72.7 cm³/mol. The SMILES string of the molecule is Nc1ccc2oc(NCC(=O)N3CCCC3)nc2c1. The molecular weight excluding hydrogens is 244 g/mol. The maximum absolute atomic E-state index is 11.9. The molecule has 2 heterocycles. The minimum Gasteiger partial charge on any atom is -0.424 e. The lowest BCUT2D eigenvalue weighted by Gasteiger charge is -2.14. The molecule has 0 unspecified atom stereocenters. The summed E-state index contributed by atoms with van der Waals surface area (Å²) in [5.74, 6) is 0.0827. The lowest BCUT2D eigenvalue weighted by Crippen LogP contribution is -2.33.